The maximum absolute atomic E-state index is 6.42. The van der Waals surface area contributed by atoms with Gasteiger partial charge in [-0.2, -0.15) is 0 Å². The van der Waals surface area contributed by atoms with Gasteiger partial charge in [-0.15, -0.1) is 0 Å². The van der Waals surface area contributed by atoms with Crippen LogP contribution >= 0.6 is 15.9 Å². The van der Waals surface area contributed by atoms with Crippen molar-refractivity contribution in [1.29, 1.82) is 0 Å². The maximum Gasteiger partial charge on any atom is 0.0789 e. The predicted octanol–water partition coefficient (Wildman–Crippen LogP) is 3.07. The smallest absolute Gasteiger partial charge is 0.0789 e. The number of ether oxygens (including phenoxy) is 1. The SMILES string of the molecule is BrC1CCC2OC3CCCCC3N3C=CC1C23. The summed E-state index contributed by atoms with van der Waals surface area (Å²) in [7, 11) is 0. The fraction of sp³-hybridized carbons (Fsp3) is 0.857. The van der Waals surface area contributed by atoms with Gasteiger partial charge in [0.15, 0.2) is 0 Å². The number of hydrogen-bond acceptors (Lipinski definition) is 2. The van der Waals surface area contributed by atoms with Crippen LogP contribution in [0.15, 0.2) is 12.3 Å². The third kappa shape index (κ3) is 1.54. The Bertz CT molecular complexity index is 345. The molecule has 2 heterocycles. The Morgan fingerprint density at radius 2 is 1.94 bits per heavy atom. The van der Waals surface area contributed by atoms with Crippen molar-refractivity contribution in [2.45, 2.75) is 67.6 Å². The third-order valence-electron chi connectivity index (χ3n) is 5.14. The predicted molar refractivity (Wildman–Crippen MR) is 71.1 cm³/mol. The molecule has 2 aliphatic heterocycles. The molecule has 0 spiro atoms. The van der Waals surface area contributed by atoms with Gasteiger partial charge in [-0.25, -0.2) is 0 Å². The van der Waals surface area contributed by atoms with Crippen molar-refractivity contribution in [3.63, 3.8) is 0 Å². The molecule has 6 atom stereocenters. The van der Waals surface area contributed by atoms with Gasteiger partial charge >= 0.3 is 0 Å². The Hall–Kier alpha value is -0.0200. The number of morpholine rings is 1. The van der Waals surface area contributed by atoms with E-state index in [1.807, 2.05) is 0 Å². The van der Waals surface area contributed by atoms with Gasteiger partial charge < -0.3 is 9.64 Å². The van der Waals surface area contributed by atoms with Crippen LogP contribution in [0.25, 0.3) is 0 Å². The van der Waals surface area contributed by atoms with Crippen LogP contribution in [0, 0.1) is 5.92 Å². The van der Waals surface area contributed by atoms with Gasteiger partial charge in [0.2, 0.25) is 0 Å². The first-order valence-electron chi connectivity index (χ1n) is 7.10. The molecule has 0 bridgehead atoms. The summed E-state index contributed by atoms with van der Waals surface area (Å²) < 4.78 is 6.42. The van der Waals surface area contributed by atoms with E-state index in [1.54, 1.807) is 0 Å². The second kappa shape index (κ2) is 3.99. The van der Waals surface area contributed by atoms with Gasteiger partial charge in [-0.3, -0.25) is 0 Å². The second-order valence-corrected chi connectivity index (χ2v) is 7.19. The monoisotopic (exact) mass is 297 g/mol. The zero-order valence-corrected chi connectivity index (χ0v) is 11.7. The van der Waals surface area contributed by atoms with Crippen LogP contribution in [0.1, 0.15) is 38.5 Å². The molecule has 0 aromatic heterocycles. The van der Waals surface area contributed by atoms with E-state index in [0.29, 0.717) is 35.0 Å². The number of halogens is 1. The van der Waals surface area contributed by atoms with Crippen molar-refractivity contribution < 1.29 is 4.74 Å². The average Bonchev–Trinajstić information content (AvgIpc) is 2.80. The van der Waals surface area contributed by atoms with Crippen LogP contribution in [0.5, 0.6) is 0 Å². The van der Waals surface area contributed by atoms with E-state index in [0.717, 1.165) is 0 Å². The summed E-state index contributed by atoms with van der Waals surface area (Å²) in [6.07, 6.45) is 13.7. The Morgan fingerprint density at radius 3 is 2.88 bits per heavy atom. The zero-order valence-electron chi connectivity index (χ0n) is 10.1. The second-order valence-electron chi connectivity index (χ2n) is 6.01. The molecule has 0 aromatic carbocycles. The van der Waals surface area contributed by atoms with Gasteiger partial charge in [-0.1, -0.05) is 34.8 Å². The summed E-state index contributed by atoms with van der Waals surface area (Å²) in [5.74, 6) is 0.677. The molecule has 3 heteroatoms. The van der Waals surface area contributed by atoms with E-state index in [4.69, 9.17) is 4.74 Å². The Morgan fingerprint density at radius 1 is 1.06 bits per heavy atom. The van der Waals surface area contributed by atoms with Crippen LogP contribution in [-0.2, 0) is 4.74 Å². The summed E-state index contributed by atoms with van der Waals surface area (Å²) >= 11 is 3.86. The van der Waals surface area contributed by atoms with Gasteiger partial charge in [-0.05, 0) is 31.9 Å². The van der Waals surface area contributed by atoms with E-state index in [2.05, 4.69) is 33.1 Å². The highest BCUT2D eigenvalue weighted by molar-refractivity contribution is 9.09. The normalized spacial score (nSPS) is 52.2. The van der Waals surface area contributed by atoms with Crippen LogP contribution in [0.4, 0.5) is 0 Å². The number of alkyl halides is 1. The van der Waals surface area contributed by atoms with E-state index < -0.39 is 0 Å². The molecular formula is C14H20BrNO. The molecular weight excluding hydrogens is 278 g/mol. The molecule has 17 heavy (non-hydrogen) atoms. The molecule has 2 aliphatic carbocycles. The molecule has 4 rings (SSSR count). The molecule has 94 valence electrons. The van der Waals surface area contributed by atoms with Crippen LogP contribution < -0.4 is 0 Å². The summed E-state index contributed by atoms with van der Waals surface area (Å²) in [6.45, 7) is 0. The maximum atomic E-state index is 6.42. The van der Waals surface area contributed by atoms with Gasteiger partial charge in [0.1, 0.15) is 0 Å². The molecule has 1 saturated heterocycles. The van der Waals surface area contributed by atoms with Crippen molar-refractivity contribution in [2.75, 3.05) is 0 Å². The fourth-order valence-corrected chi connectivity index (χ4v) is 5.11. The minimum Gasteiger partial charge on any atom is -0.371 e. The first kappa shape index (κ1) is 10.9. The van der Waals surface area contributed by atoms with Gasteiger partial charge in [0, 0.05) is 10.7 Å². The Balaban J connectivity index is 1.65. The fourth-order valence-electron chi connectivity index (χ4n) is 4.35. The minimum atomic E-state index is 0.489. The first-order chi connectivity index (χ1) is 8.34. The van der Waals surface area contributed by atoms with E-state index in [-0.39, 0.29) is 0 Å². The lowest BCUT2D eigenvalue weighted by molar-refractivity contribution is -0.162. The summed E-state index contributed by atoms with van der Waals surface area (Å²) in [5.41, 5.74) is 0. The number of fused-ring (bicyclic) bond motifs is 2. The Labute approximate surface area is 112 Å². The van der Waals surface area contributed by atoms with E-state index in [9.17, 15) is 0 Å². The van der Waals surface area contributed by atoms with E-state index >= 15 is 0 Å². The lowest BCUT2D eigenvalue weighted by Crippen LogP contribution is -2.62. The molecule has 2 saturated carbocycles. The highest BCUT2D eigenvalue weighted by Crippen LogP contribution is 2.46. The largest absolute Gasteiger partial charge is 0.371 e. The highest BCUT2D eigenvalue weighted by atomic mass is 79.9. The molecule has 0 amide bonds. The highest BCUT2D eigenvalue weighted by Gasteiger charge is 2.51. The van der Waals surface area contributed by atoms with Crippen molar-refractivity contribution in [3.05, 3.63) is 12.3 Å². The molecule has 6 unspecified atom stereocenters. The lowest BCUT2D eigenvalue weighted by Gasteiger charge is -2.53. The summed E-state index contributed by atoms with van der Waals surface area (Å²) in [6, 6.07) is 1.30. The van der Waals surface area contributed by atoms with Crippen molar-refractivity contribution in [2.24, 2.45) is 5.92 Å². The van der Waals surface area contributed by atoms with Crippen molar-refractivity contribution in [3.8, 4) is 0 Å². The van der Waals surface area contributed by atoms with Gasteiger partial charge in [0.05, 0.1) is 24.3 Å². The Kier molecular flexibility index (Phi) is 2.55. The lowest BCUT2D eigenvalue weighted by atomic mass is 9.79. The number of rotatable bonds is 0. The third-order valence-corrected chi connectivity index (χ3v) is 6.21. The molecule has 2 nitrogen and oxygen atoms in total. The number of nitrogens with zero attached hydrogens (tertiary/aromatic N) is 1. The number of hydrogen-bond donors (Lipinski definition) is 0. The average molecular weight is 298 g/mol. The van der Waals surface area contributed by atoms with Gasteiger partial charge in [0.25, 0.3) is 0 Å². The summed E-state index contributed by atoms with van der Waals surface area (Å²) in [5, 5.41) is 0. The quantitative estimate of drug-likeness (QED) is 0.637. The molecule has 0 N–H and O–H groups in total. The minimum absolute atomic E-state index is 0.489. The summed E-state index contributed by atoms with van der Waals surface area (Å²) in [4.78, 5) is 3.32. The zero-order chi connectivity index (χ0) is 11.4. The van der Waals surface area contributed by atoms with Crippen molar-refractivity contribution >= 4 is 15.9 Å². The molecule has 0 aromatic rings. The van der Waals surface area contributed by atoms with Crippen LogP contribution in [0.3, 0.4) is 0 Å². The standard InChI is InChI=1S/C14H20BrNO/c15-10-5-6-13-14-9(10)7-8-16(14)11-3-1-2-4-12(11)17-13/h7-14H,1-6H2. The van der Waals surface area contributed by atoms with Crippen molar-refractivity contribution in [1.82, 2.24) is 4.90 Å². The first-order valence-corrected chi connectivity index (χ1v) is 8.01. The topological polar surface area (TPSA) is 12.5 Å². The molecule has 4 aliphatic rings. The van der Waals surface area contributed by atoms with Crippen LogP contribution in [-0.4, -0.2) is 34.0 Å². The van der Waals surface area contributed by atoms with E-state index in [1.165, 1.54) is 38.5 Å². The molecule has 0 radical (unpaired) electrons. The van der Waals surface area contributed by atoms with Crippen LogP contribution in [0.2, 0.25) is 0 Å². The molecule has 3 fully saturated rings.